The highest BCUT2D eigenvalue weighted by molar-refractivity contribution is 5.84. The van der Waals surface area contributed by atoms with Crippen molar-refractivity contribution in [1.29, 1.82) is 0 Å². The normalized spacial score (nSPS) is 16.8. The van der Waals surface area contributed by atoms with Crippen LogP contribution in [-0.4, -0.2) is 22.6 Å². The predicted molar refractivity (Wildman–Crippen MR) is 75.3 cm³/mol. The van der Waals surface area contributed by atoms with Crippen LogP contribution in [0.25, 0.3) is 10.9 Å². The number of hydrogen-bond acceptors (Lipinski definition) is 2. The van der Waals surface area contributed by atoms with Gasteiger partial charge < -0.3 is 10.3 Å². The summed E-state index contributed by atoms with van der Waals surface area (Å²) in [5, 5.41) is 1.31. The number of hydrogen-bond donors (Lipinski definition) is 1. The molecule has 0 spiro atoms. The molecule has 18 heavy (non-hydrogen) atoms. The van der Waals surface area contributed by atoms with Crippen molar-refractivity contribution >= 4 is 10.9 Å². The lowest BCUT2D eigenvalue weighted by atomic mass is 10.1. The van der Waals surface area contributed by atoms with Crippen LogP contribution in [0, 0.1) is 0 Å². The van der Waals surface area contributed by atoms with Crippen LogP contribution in [0.1, 0.15) is 24.1 Å². The average Bonchev–Trinajstić information content (AvgIpc) is 2.99. The Morgan fingerprint density at radius 3 is 2.72 bits per heavy atom. The fourth-order valence-corrected chi connectivity index (χ4v) is 3.04. The number of aryl methyl sites for hydroxylation is 1. The largest absolute Gasteiger partial charge is 0.346 e. The van der Waals surface area contributed by atoms with Crippen molar-refractivity contribution in [3.8, 4) is 0 Å². The SMILES string of the molecule is Cn1c(CN2CCCC2)cc2cccc(CN)c21. The van der Waals surface area contributed by atoms with E-state index >= 15 is 0 Å². The van der Waals surface area contributed by atoms with E-state index in [1.807, 2.05) is 0 Å². The van der Waals surface area contributed by atoms with Gasteiger partial charge >= 0.3 is 0 Å². The van der Waals surface area contributed by atoms with Crippen molar-refractivity contribution in [1.82, 2.24) is 9.47 Å². The first-order valence-electron chi connectivity index (χ1n) is 6.78. The van der Waals surface area contributed by atoms with Gasteiger partial charge in [0.05, 0.1) is 5.52 Å². The lowest BCUT2D eigenvalue weighted by Gasteiger charge is -2.15. The van der Waals surface area contributed by atoms with Gasteiger partial charge in [0, 0.05) is 31.2 Å². The lowest BCUT2D eigenvalue weighted by molar-refractivity contribution is 0.324. The van der Waals surface area contributed by atoms with Crippen LogP contribution >= 0.6 is 0 Å². The van der Waals surface area contributed by atoms with E-state index in [-0.39, 0.29) is 0 Å². The Labute approximate surface area is 108 Å². The summed E-state index contributed by atoms with van der Waals surface area (Å²) in [6.07, 6.45) is 2.69. The second-order valence-electron chi connectivity index (χ2n) is 5.24. The summed E-state index contributed by atoms with van der Waals surface area (Å²) in [6, 6.07) is 8.72. The molecule has 0 aliphatic carbocycles. The van der Waals surface area contributed by atoms with Gasteiger partial charge in [-0.25, -0.2) is 0 Å². The Morgan fingerprint density at radius 2 is 2.00 bits per heavy atom. The maximum absolute atomic E-state index is 5.83. The van der Waals surface area contributed by atoms with Crippen LogP contribution in [0.4, 0.5) is 0 Å². The van der Waals surface area contributed by atoms with Gasteiger partial charge in [-0.2, -0.15) is 0 Å². The number of fused-ring (bicyclic) bond motifs is 1. The molecule has 3 nitrogen and oxygen atoms in total. The smallest absolute Gasteiger partial charge is 0.0525 e. The lowest BCUT2D eigenvalue weighted by Crippen LogP contribution is -2.20. The van der Waals surface area contributed by atoms with Crippen LogP contribution in [0.15, 0.2) is 24.3 Å². The topological polar surface area (TPSA) is 34.2 Å². The Hall–Kier alpha value is -1.32. The second kappa shape index (κ2) is 4.75. The fourth-order valence-electron chi connectivity index (χ4n) is 3.04. The van der Waals surface area contributed by atoms with Crippen LogP contribution in [0.5, 0.6) is 0 Å². The Morgan fingerprint density at radius 1 is 1.22 bits per heavy atom. The second-order valence-corrected chi connectivity index (χ2v) is 5.24. The van der Waals surface area contributed by atoms with Crippen LogP contribution < -0.4 is 5.73 Å². The molecular formula is C15H21N3. The van der Waals surface area contributed by atoms with Gasteiger partial charge in [-0.05, 0) is 37.6 Å². The molecule has 1 aromatic heterocycles. The molecule has 1 saturated heterocycles. The van der Waals surface area contributed by atoms with E-state index < -0.39 is 0 Å². The number of nitrogens with two attached hydrogens (primary N) is 1. The molecule has 0 bridgehead atoms. The molecule has 1 aliphatic rings. The Kier molecular flexibility index (Phi) is 3.10. The van der Waals surface area contributed by atoms with Crippen LogP contribution in [-0.2, 0) is 20.1 Å². The van der Waals surface area contributed by atoms with E-state index in [1.54, 1.807) is 0 Å². The third-order valence-electron chi connectivity index (χ3n) is 4.04. The molecule has 1 fully saturated rings. The third kappa shape index (κ3) is 1.93. The minimum atomic E-state index is 0.609. The molecule has 0 unspecified atom stereocenters. The summed E-state index contributed by atoms with van der Waals surface area (Å²) in [7, 11) is 2.16. The highest BCUT2D eigenvalue weighted by Gasteiger charge is 2.15. The molecule has 2 N–H and O–H groups in total. The maximum Gasteiger partial charge on any atom is 0.0525 e. The van der Waals surface area contributed by atoms with E-state index in [1.165, 1.54) is 48.1 Å². The number of para-hydroxylation sites is 1. The number of benzene rings is 1. The minimum Gasteiger partial charge on any atom is -0.346 e. The monoisotopic (exact) mass is 243 g/mol. The van der Waals surface area contributed by atoms with Crippen LogP contribution in [0.2, 0.25) is 0 Å². The highest BCUT2D eigenvalue weighted by atomic mass is 15.2. The number of aromatic nitrogens is 1. The fraction of sp³-hybridized carbons (Fsp3) is 0.467. The molecule has 3 rings (SSSR count). The highest BCUT2D eigenvalue weighted by Crippen LogP contribution is 2.24. The van der Waals surface area contributed by atoms with Gasteiger partial charge in [-0.1, -0.05) is 18.2 Å². The Balaban J connectivity index is 2.00. The quantitative estimate of drug-likeness (QED) is 0.897. The van der Waals surface area contributed by atoms with Gasteiger partial charge in [0.2, 0.25) is 0 Å². The van der Waals surface area contributed by atoms with E-state index in [2.05, 4.69) is 40.8 Å². The zero-order valence-electron chi connectivity index (χ0n) is 11.0. The summed E-state index contributed by atoms with van der Waals surface area (Å²) < 4.78 is 2.32. The van der Waals surface area contributed by atoms with Gasteiger partial charge in [0.1, 0.15) is 0 Å². The molecule has 1 aliphatic heterocycles. The first-order valence-corrected chi connectivity index (χ1v) is 6.78. The minimum absolute atomic E-state index is 0.609. The number of likely N-dealkylation sites (tertiary alicyclic amines) is 1. The van der Waals surface area contributed by atoms with E-state index in [0.717, 1.165) is 6.54 Å². The zero-order chi connectivity index (χ0) is 12.5. The first kappa shape index (κ1) is 11.8. The molecule has 1 aromatic carbocycles. The summed E-state index contributed by atoms with van der Waals surface area (Å²) in [5.41, 5.74) is 9.77. The molecule has 0 saturated carbocycles. The molecule has 0 radical (unpaired) electrons. The summed E-state index contributed by atoms with van der Waals surface area (Å²) in [4.78, 5) is 2.54. The zero-order valence-corrected chi connectivity index (χ0v) is 11.0. The summed E-state index contributed by atoms with van der Waals surface area (Å²) >= 11 is 0. The van der Waals surface area contributed by atoms with Gasteiger partial charge in [0.15, 0.2) is 0 Å². The van der Waals surface area contributed by atoms with Gasteiger partial charge in [0.25, 0.3) is 0 Å². The van der Waals surface area contributed by atoms with Crippen molar-refractivity contribution < 1.29 is 0 Å². The van der Waals surface area contributed by atoms with Crippen molar-refractivity contribution in [3.05, 3.63) is 35.5 Å². The van der Waals surface area contributed by atoms with Crippen LogP contribution in [0.3, 0.4) is 0 Å². The molecule has 0 amide bonds. The van der Waals surface area contributed by atoms with Gasteiger partial charge in [-0.3, -0.25) is 4.90 Å². The molecular weight excluding hydrogens is 222 g/mol. The first-order chi connectivity index (χ1) is 8.79. The summed E-state index contributed by atoms with van der Waals surface area (Å²) in [5.74, 6) is 0. The summed E-state index contributed by atoms with van der Waals surface area (Å²) in [6.45, 7) is 4.16. The molecule has 3 heteroatoms. The standard InChI is InChI=1S/C15H21N3/c1-17-14(11-18-7-2-3-8-18)9-12-5-4-6-13(10-16)15(12)17/h4-6,9H,2-3,7-8,10-11,16H2,1H3. The third-order valence-corrected chi connectivity index (χ3v) is 4.04. The van der Waals surface area contributed by atoms with Gasteiger partial charge in [-0.15, -0.1) is 0 Å². The molecule has 0 atom stereocenters. The molecule has 2 aromatic rings. The number of rotatable bonds is 3. The van der Waals surface area contributed by atoms with Crippen molar-refractivity contribution in [3.63, 3.8) is 0 Å². The Bertz CT molecular complexity index is 550. The maximum atomic E-state index is 5.83. The van der Waals surface area contributed by atoms with E-state index in [9.17, 15) is 0 Å². The number of nitrogens with zero attached hydrogens (tertiary/aromatic N) is 2. The van der Waals surface area contributed by atoms with Crippen molar-refractivity contribution in [2.45, 2.75) is 25.9 Å². The molecule has 2 heterocycles. The molecule has 96 valence electrons. The average molecular weight is 243 g/mol. The van der Waals surface area contributed by atoms with E-state index in [0.29, 0.717) is 6.54 Å². The van der Waals surface area contributed by atoms with Crippen molar-refractivity contribution in [2.24, 2.45) is 12.8 Å². The predicted octanol–water partition coefficient (Wildman–Crippen LogP) is 2.23. The van der Waals surface area contributed by atoms with Crippen molar-refractivity contribution in [2.75, 3.05) is 13.1 Å². The van der Waals surface area contributed by atoms with E-state index in [4.69, 9.17) is 5.73 Å².